The Morgan fingerprint density at radius 2 is 0.823 bits per heavy atom. The number of benzene rings is 1. The molecule has 2 rings (SSSR count). The number of rotatable bonds is 28. The molecule has 1 aliphatic rings. The molecule has 1 aromatic carbocycles. The first-order valence-corrected chi connectivity index (χ1v) is 37.5. The first kappa shape index (κ1) is 98.7. The molecule has 0 bridgehead atoms. The van der Waals surface area contributed by atoms with Crippen LogP contribution in [0.25, 0.3) is 0 Å². The van der Waals surface area contributed by atoms with Crippen molar-refractivity contribution in [1.82, 2.24) is 79.8 Å². The zero-order valence-electron chi connectivity index (χ0n) is 68.7. The number of hydrogen-bond donors (Lipinski definition) is 17. The minimum Gasteiger partial charge on any atom is -0.452 e. The fourth-order valence-corrected chi connectivity index (χ4v) is 10.4. The fourth-order valence-electron chi connectivity index (χ4n) is 10.4. The fraction of sp³-hybridized carbons (Fsp3) is 0.703. The van der Waals surface area contributed by atoms with Crippen LogP contribution in [0.2, 0.25) is 0 Å². The Bertz CT molecular complexity index is 3400. The van der Waals surface area contributed by atoms with Gasteiger partial charge in [-0.15, -0.1) is 0 Å². The lowest BCUT2D eigenvalue weighted by molar-refractivity contribution is -0.155. The van der Waals surface area contributed by atoms with Gasteiger partial charge in [-0.3, -0.25) is 52.7 Å². The summed E-state index contributed by atoms with van der Waals surface area (Å²) >= 11 is 0. The van der Waals surface area contributed by atoms with Crippen LogP contribution in [-0.2, 0) is 87.6 Å². The lowest BCUT2D eigenvalue weighted by Gasteiger charge is -2.29. The molecule has 1 unspecified atom stereocenters. The molecule has 0 aromatic heterocycles. The molecule has 0 radical (unpaired) electrons. The van der Waals surface area contributed by atoms with Gasteiger partial charge in [-0.2, -0.15) is 0 Å². The molecule has 1 aliphatic heterocycles. The smallest absolute Gasteiger partial charge is 0.407 e. The van der Waals surface area contributed by atoms with Gasteiger partial charge in [-0.05, 0) is 168 Å². The van der Waals surface area contributed by atoms with Crippen molar-refractivity contribution >= 4 is 95.5 Å². The van der Waals surface area contributed by atoms with E-state index in [0.29, 0.717) is 5.56 Å². The summed E-state index contributed by atoms with van der Waals surface area (Å²) in [5.74, 6) is -12.8. The molecule has 0 spiro atoms. The summed E-state index contributed by atoms with van der Waals surface area (Å²) in [5, 5.41) is 59.7. The van der Waals surface area contributed by atoms with Gasteiger partial charge in [0.15, 0.2) is 6.10 Å². The molecule has 1 aromatic rings. The Labute approximate surface area is 659 Å². The van der Waals surface area contributed by atoms with Crippen LogP contribution in [0.4, 0.5) is 24.0 Å². The largest absolute Gasteiger partial charge is 0.452 e. The van der Waals surface area contributed by atoms with Gasteiger partial charge in [0, 0.05) is 59.0 Å². The van der Waals surface area contributed by atoms with E-state index in [9.17, 15) is 67.7 Å². The minimum absolute atomic E-state index is 0.126. The molecule has 1 fully saturated rings. The van der Waals surface area contributed by atoms with Crippen molar-refractivity contribution in [3.8, 4) is 0 Å². The number of nitrogens with one attached hydrogen (secondary N) is 15. The van der Waals surface area contributed by atoms with Gasteiger partial charge in [0.2, 0.25) is 53.2 Å². The van der Waals surface area contributed by atoms with Gasteiger partial charge in [0.25, 0.3) is 5.91 Å². The summed E-state index contributed by atoms with van der Waals surface area (Å²) in [5.41, 5.74) is -4.49. The highest BCUT2D eigenvalue weighted by molar-refractivity contribution is 5.99. The van der Waals surface area contributed by atoms with Crippen molar-refractivity contribution in [2.75, 3.05) is 39.3 Å². The van der Waals surface area contributed by atoms with Crippen LogP contribution in [0.1, 0.15) is 189 Å². The van der Waals surface area contributed by atoms with Crippen LogP contribution in [0.3, 0.4) is 0 Å². The Morgan fingerprint density at radius 1 is 0.451 bits per heavy atom. The highest BCUT2D eigenvalue weighted by atomic mass is 16.6. The monoisotopic (exact) mass is 1610 g/mol. The molecule has 0 saturated carbocycles. The average Bonchev–Trinajstić information content (AvgIpc) is 1.20. The molecule has 39 heteroatoms. The predicted molar refractivity (Wildman–Crippen MR) is 408 cm³/mol. The first-order valence-electron chi connectivity index (χ1n) is 37.5. The molecule has 113 heavy (non-hydrogen) atoms. The predicted octanol–water partition coefficient (Wildman–Crippen LogP) is 0.426. The molecule has 15 amide bonds. The van der Waals surface area contributed by atoms with E-state index in [2.05, 4.69) is 79.8 Å². The maximum absolute atomic E-state index is 15.3. The van der Waals surface area contributed by atoms with Gasteiger partial charge in [-0.1, -0.05) is 44.2 Å². The van der Waals surface area contributed by atoms with Crippen LogP contribution >= 0.6 is 0 Å². The summed E-state index contributed by atoms with van der Waals surface area (Å²) in [6, 6.07) is -7.92. The van der Waals surface area contributed by atoms with E-state index in [0.717, 1.165) is 20.8 Å². The SMILES string of the molecule is CC(=O)O[C@@H](CCNC(=O)OC(C)(C)C)C(=O)N[C@H](C(=O)N[C@@H](CCNC(=O)OC(C)(C)C)C(=O)N[C@H]1CCNC(=O)[C@H]([C@H](C)O)NC(=O)[C@H](CCNC(=O)OC(C)(C)C)NC(=O)[C@H](CCNC(=O)OC(C)(C)C)NC(=O)[C@H](CC(C)C)NC(=O)[C@@H](Cc2ccccc2)NC(=O)[C@H](CCNC(=O)OC(C)(C)C)NC1=O)C(C)O. The minimum atomic E-state index is -1.98. The highest BCUT2D eigenvalue weighted by Crippen LogP contribution is 2.16. The van der Waals surface area contributed by atoms with Crippen molar-refractivity contribution in [3.05, 3.63) is 35.9 Å². The second-order valence-corrected chi connectivity index (χ2v) is 32.5. The van der Waals surface area contributed by atoms with E-state index >= 15 is 19.2 Å². The van der Waals surface area contributed by atoms with E-state index in [-0.39, 0.29) is 38.3 Å². The van der Waals surface area contributed by atoms with Crippen LogP contribution in [0, 0.1) is 5.92 Å². The number of carbonyl (C=O) groups excluding carboxylic acids is 16. The van der Waals surface area contributed by atoms with E-state index in [1.165, 1.54) is 0 Å². The van der Waals surface area contributed by atoms with Crippen LogP contribution in [0.15, 0.2) is 30.3 Å². The number of carbonyl (C=O) groups is 16. The van der Waals surface area contributed by atoms with Crippen molar-refractivity contribution < 1.29 is 115 Å². The molecule has 1 saturated heterocycles. The summed E-state index contributed by atoms with van der Waals surface area (Å²) in [4.78, 5) is 225. The number of aliphatic hydroxyl groups is 2. The standard InChI is InChI=1S/C74H123N15O24/c1-40(2)38-50-60(98)84-46(27-33-76-65(103)109-70(6,7)8)56(94)83-49(30-36-79-68(106)112-73(15,16)17)59(97)88-53(41(3)90)63(101)75-32-26-45(55(93)82-47(28-34-77-66(104)110-71(9,10)11)58(96)87-51(61(99)86-50)39-44-24-22-21-23-25-44)81-57(95)48(29-35-78-67(105)111-72(12,13)14)85-64(102)54(42(4)91)89-62(100)52(108-43(5)92)31-37-80-69(107)113-74(18,19)20/h21-25,40-42,45-54,90-91H,26-39H2,1-20H3,(H,75,101)(H,76,103)(H,77,104)(H,78,105)(H,79,106)(H,80,107)(H,81,95)(H,82,93)(H,83,94)(H,84,98)(H,85,102)(H,86,99)(H,87,96)(H,88,97)(H,89,100)/t41-,42?,45-,46-,47-,48-,49-,50-,51+,52-,53-,54-/m0/s1. The lowest BCUT2D eigenvalue weighted by Crippen LogP contribution is -2.62. The van der Waals surface area contributed by atoms with E-state index < -0.39 is 254 Å². The van der Waals surface area contributed by atoms with Gasteiger partial charge in [0.1, 0.15) is 82.4 Å². The number of esters is 1. The normalized spacial score (nSPS) is 20.2. The maximum Gasteiger partial charge on any atom is 0.407 e. The average molecular weight is 1610 g/mol. The van der Waals surface area contributed by atoms with Gasteiger partial charge >= 0.3 is 36.4 Å². The highest BCUT2D eigenvalue weighted by Gasteiger charge is 2.39. The number of alkyl carbamates (subject to hydrolysis) is 5. The summed E-state index contributed by atoms with van der Waals surface area (Å²) in [6.45, 7) is 27.8. The first-order chi connectivity index (χ1) is 52.1. The molecular formula is C74H123N15O24. The molecule has 0 aliphatic carbocycles. The molecule has 39 nitrogen and oxygen atoms in total. The second kappa shape index (κ2) is 46.0. The van der Waals surface area contributed by atoms with E-state index in [1.54, 1.807) is 148 Å². The number of aliphatic hydroxyl groups excluding tert-OH is 2. The number of amides is 15. The Kier molecular flexibility index (Phi) is 40.2. The summed E-state index contributed by atoms with van der Waals surface area (Å²) in [7, 11) is 0. The zero-order chi connectivity index (χ0) is 86.1. The summed E-state index contributed by atoms with van der Waals surface area (Å²) < 4.78 is 31.9. The summed E-state index contributed by atoms with van der Waals surface area (Å²) in [6.07, 6.45) is -13.4. The molecule has 1 heterocycles. The van der Waals surface area contributed by atoms with Crippen molar-refractivity contribution in [1.29, 1.82) is 0 Å². The Morgan fingerprint density at radius 3 is 1.22 bits per heavy atom. The quantitative estimate of drug-likeness (QED) is 0.0399. The lowest BCUT2D eigenvalue weighted by atomic mass is 10.00. The van der Waals surface area contributed by atoms with Gasteiger partial charge in [-0.25, -0.2) is 24.0 Å². The van der Waals surface area contributed by atoms with Gasteiger partial charge < -0.3 is 118 Å². The zero-order valence-corrected chi connectivity index (χ0v) is 68.7. The Hall–Kier alpha value is -10.3. The van der Waals surface area contributed by atoms with Crippen molar-refractivity contribution in [2.45, 2.75) is 291 Å². The number of ether oxygens (including phenoxy) is 6. The van der Waals surface area contributed by atoms with Crippen molar-refractivity contribution in [3.63, 3.8) is 0 Å². The van der Waals surface area contributed by atoms with E-state index in [4.69, 9.17) is 28.4 Å². The molecule has 12 atom stereocenters. The molecule has 638 valence electrons. The molecule has 17 N–H and O–H groups in total. The number of hydrogen-bond acceptors (Lipinski definition) is 24. The third-order valence-corrected chi connectivity index (χ3v) is 15.4. The van der Waals surface area contributed by atoms with Crippen molar-refractivity contribution in [2.24, 2.45) is 5.92 Å². The topological polar surface area (TPSA) is 549 Å². The molecular weight excluding hydrogens is 1480 g/mol. The van der Waals surface area contributed by atoms with Crippen LogP contribution in [-0.4, -0.2) is 246 Å². The second-order valence-electron chi connectivity index (χ2n) is 32.5. The van der Waals surface area contributed by atoms with E-state index in [1.807, 2.05) is 0 Å². The maximum atomic E-state index is 15.3. The Balaban J connectivity index is 3.10. The third-order valence-electron chi connectivity index (χ3n) is 15.4. The van der Waals surface area contributed by atoms with Gasteiger partial charge in [0.05, 0.1) is 12.2 Å². The third kappa shape index (κ3) is 42.2. The van der Waals surface area contributed by atoms with Crippen LogP contribution < -0.4 is 79.8 Å². The van der Waals surface area contributed by atoms with Crippen LogP contribution in [0.5, 0.6) is 0 Å².